The molecule has 0 saturated carbocycles. The van der Waals surface area contributed by atoms with Crippen LogP contribution >= 0.6 is 11.6 Å². The van der Waals surface area contributed by atoms with Gasteiger partial charge in [0, 0.05) is 22.7 Å². The van der Waals surface area contributed by atoms with Crippen molar-refractivity contribution in [3.05, 3.63) is 64.2 Å². The van der Waals surface area contributed by atoms with Crippen molar-refractivity contribution in [3.63, 3.8) is 0 Å². The molecule has 0 heterocycles. The Balaban J connectivity index is 1.66. The molecule has 158 valence electrons. The van der Waals surface area contributed by atoms with Crippen LogP contribution in [0.5, 0.6) is 0 Å². The Hall–Kier alpha value is -3.39. The van der Waals surface area contributed by atoms with Crippen LogP contribution in [0.25, 0.3) is 0 Å². The third-order valence-corrected chi connectivity index (χ3v) is 4.26. The zero-order valence-electron chi connectivity index (χ0n) is 16.6. The zero-order valence-corrected chi connectivity index (χ0v) is 17.3. The number of hydrogen-bond acceptors (Lipinski definition) is 5. The fraction of sp³-hybridized carbons (Fsp3) is 0.238. The number of carbonyl (C=O) groups is 4. The molecule has 0 aliphatic carbocycles. The summed E-state index contributed by atoms with van der Waals surface area (Å²) < 4.78 is 4.87. The van der Waals surface area contributed by atoms with Crippen molar-refractivity contribution in [2.24, 2.45) is 0 Å². The molecular formula is C21H22ClN3O5. The van der Waals surface area contributed by atoms with E-state index < -0.39 is 30.3 Å². The van der Waals surface area contributed by atoms with Crippen LogP contribution in [0, 0.1) is 13.8 Å². The summed E-state index contributed by atoms with van der Waals surface area (Å²) in [5.74, 6) is -2.28. The topological polar surface area (TPSA) is 114 Å². The predicted octanol–water partition coefficient (Wildman–Crippen LogP) is 2.68. The second kappa shape index (κ2) is 11.0. The normalized spacial score (nSPS) is 10.1. The van der Waals surface area contributed by atoms with Gasteiger partial charge in [-0.1, -0.05) is 23.7 Å². The minimum Gasteiger partial charge on any atom is -0.456 e. The molecule has 0 saturated heterocycles. The van der Waals surface area contributed by atoms with Gasteiger partial charge in [-0.05, 0) is 55.3 Å². The van der Waals surface area contributed by atoms with Crippen LogP contribution in [-0.4, -0.2) is 30.3 Å². The zero-order chi connectivity index (χ0) is 22.1. The molecule has 0 bridgehead atoms. The molecule has 3 N–H and O–H groups in total. The van der Waals surface area contributed by atoms with E-state index >= 15 is 0 Å². The molecule has 2 rings (SSSR count). The number of anilines is 1. The second-order valence-corrected chi connectivity index (χ2v) is 6.97. The summed E-state index contributed by atoms with van der Waals surface area (Å²) in [4.78, 5) is 47.3. The fourth-order valence-electron chi connectivity index (χ4n) is 2.35. The Bertz CT molecular complexity index is 944. The molecule has 0 aliphatic heterocycles. The molecule has 8 nitrogen and oxygen atoms in total. The van der Waals surface area contributed by atoms with Gasteiger partial charge in [-0.25, -0.2) is 0 Å². The highest BCUT2D eigenvalue weighted by atomic mass is 35.5. The van der Waals surface area contributed by atoms with Gasteiger partial charge >= 0.3 is 5.97 Å². The maximum atomic E-state index is 11.9. The molecular weight excluding hydrogens is 410 g/mol. The lowest BCUT2D eigenvalue weighted by molar-refractivity contribution is -0.148. The van der Waals surface area contributed by atoms with Gasteiger partial charge in [0.25, 0.3) is 11.8 Å². The number of hydrogen-bond donors (Lipinski definition) is 3. The number of aryl methyl sites for hydroxylation is 2. The first kappa shape index (κ1) is 22.9. The fourth-order valence-corrected chi connectivity index (χ4v) is 2.48. The molecule has 0 aromatic heterocycles. The van der Waals surface area contributed by atoms with Gasteiger partial charge in [0.05, 0.1) is 6.42 Å². The monoisotopic (exact) mass is 431 g/mol. The Morgan fingerprint density at radius 3 is 2.30 bits per heavy atom. The summed E-state index contributed by atoms with van der Waals surface area (Å²) >= 11 is 5.74. The number of hydrazine groups is 1. The summed E-state index contributed by atoms with van der Waals surface area (Å²) in [5.41, 5.74) is 7.27. The molecule has 0 radical (unpaired) electrons. The Morgan fingerprint density at radius 1 is 0.900 bits per heavy atom. The SMILES string of the molecule is Cc1ccc(C)c(NC(=O)COC(=O)CCC(=O)NNC(=O)c2ccc(Cl)cc2)c1. The van der Waals surface area contributed by atoms with Crippen LogP contribution in [0.2, 0.25) is 5.02 Å². The number of nitrogens with one attached hydrogen (secondary N) is 3. The number of benzene rings is 2. The molecule has 0 fully saturated rings. The Kier molecular flexibility index (Phi) is 8.37. The summed E-state index contributed by atoms with van der Waals surface area (Å²) in [6.45, 7) is 3.30. The van der Waals surface area contributed by atoms with Crippen molar-refractivity contribution in [1.82, 2.24) is 10.9 Å². The number of ether oxygens (including phenoxy) is 1. The standard InChI is InChI=1S/C21H22ClN3O5/c1-13-3-4-14(2)17(11-13)23-19(27)12-30-20(28)10-9-18(26)24-25-21(29)15-5-7-16(22)8-6-15/h3-8,11H,9-10,12H2,1-2H3,(H,23,27)(H,24,26)(H,25,29). The van der Waals surface area contributed by atoms with Crippen molar-refractivity contribution in [1.29, 1.82) is 0 Å². The summed E-state index contributed by atoms with van der Waals surface area (Å²) in [6, 6.07) is 11.7. The number of esters is 1. The van der Waals surface area contributed by atoms with Crippen LogP contribution in [0.4, 0.5) is 5.69 Å². The summed E-state index contributed by atoms with van der Waals surface area (Å²) in [5, 5.41) is 3.15. The Labute approximate surface area is 178 Å². The first-order chi connectivity index (χ1) is 14.2. The number of halogens is 1. The minimum absolute atomic E-state index is 0.210. The second-order valence-electron chi connectivity index (χ2n) is 6.54. The molecule has 30 heavy (non-hydrogen) atoms. The van der Waals surface area contributed by atoms with Crippen LogP contribution in [0.1, 0.15) is 34.3 Å². The molecule has 2 aromatic rings. The van der Waals surface area contributed by atoms with E-state index in [9.17, 15) is 19.2 Å². The lowest BCUT2D eigenvalue weighted by Crippen LogP contribution is -2.41. The maximum absolute atomic E-state index is 11.9. The third kappa shape index (κ3) is 7.56. The van der Waals surface area contributed by atoms with Gasteiger partial charge in [-0.3, -0.25) is 30.0 Å². The van der Waals surface area contributed by atoms with Gasteiger partial charge in [-0.2, -0.15) is 0 Å². The van der Waals surface area contributed by atoms with Gasteiger partial charge in [-0.15, -0.1) is 0 Å². The molecule has 0 unspecified atom stereocenters. The highest BCUT2D eigenvalue weighted by Gasteiger charge is 2.12. The molecule has 0 atom stereocenters. The van der Waals surface area contributed by atoms with E-state index in [4.69, 9.17) is 16.3 Å². The molecule has 0 aliphatic rings. The van der Waals surface area contributed by atoms with Crippen LogP contribution in [-0.2, 0) is 19.1 Å². The van der Waals surface area contributed by atoms with Crippen LogP contribution in [0.3, 0.4) is 0 Å². The van der Waals surface area contributed by atoms with Crippen molar-refractivity contribution < 1.29 is 23.9 Å². The Morgan fingerprint density at radius 2 is 1.60 bits per heavy atom. The van der Waals surface area contributed by atoms with Crippen molar-refractivity contribution in [3.8, 4) is 0 Å². The van der Waals surface area contributed by atoms with Crippen LogP contribution in [0.15, 0.2) is 42.5 Å². The number of carbonyl (C=O) groups excluding carboxylic acids is 4. The summed E-state index contributed by atoms with van der Waals surface area (Å²) in [7, 11) is 0. The largest absolute Gasteiger partial charge is 0.456 e. The minimum atomic E-state index is -0.703. The van der Waals surface area contributed by atoms with Crippen molar-refractivity contribution in [2.45, 2.75) is 26.7 Å². The van der Waals surface area contributed by atoms with E-state index in [2.05, 4.69) is 16.2 Å². The van der Waals surface area contributed by atoms with E-state index in [1.54, 1.807) is 12.1 Å². The van der Waals surface area contributed by atoms with Gasteiger partial charge in [0.1, 0.15) is 0 Å². The average molecular weight is 432 g/mol. The maximum Gasteiger partial charge on any atom is 0.306 e. The average Bonchev–Trinajstić information content (AvgIpc) is 2.72. The van der Waals surface area contributed by atoms with Crippen LogP contribution < -0.4 is 16.2 Å². The van der Waals surface area contributed by atoms with Crippen molar-refractivity contribution >= 4 is 41.0 Å². The highest BCUT2D eigenvalue weighted by molar-refractivity contribution is 6.30. The highest BCUT2D eigenvalue weighted by Crippen LogP contribution is 2.16. The lowest BCUT2D eigenvalue weighted by atomic mass is 10.1. The molecule has 2 aromatic carbocycles. The number of rotatable bonds is 7. The van der Waals surface area contributed by atoms with Gasteiger partial charge < -0.3 is 10.1 Å². The van der Waals surface area contributed by atoms with E-state index in [0.29, 0.717) is 16.3 Å². The third-order valence-electron chi connectivity index (χ3n) is 4.01. The molecule has 9 heteroatoms. The first-order valence-corrected chi connectivity index (χ1v) is 9.50. The molecule has 0 spiro atoms. The first-order valence-electron chi connectivity index (χ1n) is 9.12. The van der Waals surface area contributed by atoms with E-state index in [0.717, 1.165) is 11.1 Å². The quantitative estimate of drug-likeness (QED) is 0.460. The van der Waals surface area contributed by atoms with E-state index in [1.165, 1.54) is 12.1 Å². The van der Waals surface area contributed by atoms with Gasteiger partial charge in [0.2, 0.25) is 5.91 Å². The molecule has 3 amide bonds. The van der Waals surface area contributed by atoms with E-state index in [-0.39, 0.29) is 12.8 Å². The van der Waals surface area contributed by atoms with Gasteiger partial charge in [0.15, 0.2) is 6.61 Å². The number of amides is 3. The lowest BCUT2D eigenvalue weighted by Gasteiger charge is -2.10. The van der Waals surface area contributed by atoms with E-state index in [1.807, 2.05) is 32.0 Å². The smallest absolute Gasteiger partial charge is 0.306 e. The van der Waals surface area contributed by atoms with Crippen molar-refractivity contribution in [2.75, 3.05) is 11.9 Å². The summed E-state index contributed by atoms with van der Waals surface area (Å²) in [6.07, 6.45) is -0.447. The predicted molar refractivity (Wildman–Crippen MR) is 112 cm³/mol.